The number of halogens is 2. The van der Waals surface area contributed by atoms with E-state index in [4.69, 9.17) is 11.6 Å². The average molecular weight is 285 g/mol. The van der Waals surface area contributed by atoms with Gasteiger partial charge >= 0.3 is 0 Å². The molecule has 1 aliphatic carbocycles. The smallest absolute Gasteiger partial charge is 0.129 e. The van der Waals surface area contributed by atoms with Crippen molar-refractivity contribution in [2.45, 2.75) is 38.3 Å². The summed E-state index contributed by atoms with van der Waals surface area (Å²) in [6.07, 6.45) is 5.34. The van der Waals surface area contributed by atoms with E-state index in [-0.39, 0.29) is 5.82 Å². The Morgan fingerprint density at radius 1 is 1.37 bits per heavy atom. The van der Waals surface area contributed by atoms with Crippen LogP contribution >= 0.6 is 11.6 Å². The van der Waals surface area contributed by atoms with Gasteiger partial charge < -0.3 is 10.2 Å². The summed E-state index contributed by atoms with van der Waals surface area (Å²) in [6, 6.07) is 5.55. The largest absolute Gasteiger partial charge is 0.311 e. The Morgan fingerprint density at radius 3 is 2.79 bits per heavy atom. The predicted molar refractivity (Wildman–Crippen MR) is 78.0 cm³/mol. The standard InChI is InChI=1S/C15H22ClFN2/c1-19(12-5-2-3-6-12)10-9-18-11-13-14(16)7-4-8-15(13)17/h4,7-8,12,18H,2-3,5-6,9-11H2,1H3. The van der Waals surface area contributed by atoms with E-state index in [0.717, 1.165) is 19.1 Å². The molecule has 1 aromatic carbocycles. The first kappa shape index (κ1) is 14.8. The quantitative estimate of drug-likeness (QED) is 0.805. The van der Waals surface area contributed by atoms with Crippen LogP contribution in [0.15, 0.2) is 18.2 Å². The maximum absolute atomic E-state index is 13.5. The van der Waals surface area contributed by atoms with Crippen LogP contribution in [0.3, 0.4) is 0 Å². The summed E-state index contributed by atoms with van der Waals surface area (Å²) < 4.78 is 13.5. The molecule has 0 aromatic heterocycles. The number of likely N-dealkylation sites (N-methyl/N-ethyl adjacent to an activating group) is 1. The van der Waals surface area contributed by atoms with Crippen molar-refractivity contribution in [3.8, 4) is 0 Å². The fourth-order valence-electron chi connectivity index (χ4n) is 2.70. The van der Waals surface area contributed by atoms with Gasteiger partial charge in [-0.2, -0.15) is 0 Å². The molecule has 4 heteroatoms. The van der Waals surface area contributed by atoms with Crippen molar-refractivity contribution in [3.05, 3.63) is 34.6 Å². The molecule has 2 nitrogen and oxygen atoms in total. The molecular formula is C15H22ClFN2. The second-order valence-electron chi connectivity index (χ2n) is 5.30. The molecule has 0 radical (unpaired) electrons. The third-order valence-corrected chi connectivity index (χ3v) is 4.31. The van der Waals surface area contributed by atoms with E-state index in [9.17, 15) is 4.39 Å². The summed E-state index contributed by atoms with van der Waals surface area (Å²) >= 11 is 5.98. The molecule has 1 N–H and O–H groups in total. The summed E-state index contributed by atoms with van der Waals surface area (Å²) in [5.74, 6) is -0.232. The normalized spacial score (nSPS) is 16.4. The zero-order valence-electron chi connectivity index (χ0n) is 11.5. The second kappa shape index (κ2) is 7.22. The third-order valence-electron chi connectivity index (χ3n) is 3.95. The second-order valence-corrected chi connectivity index (χ2v) is 5.70. The first-order chi connectivity index (χ1) is 9.18. The Bertz CT molecular complexity index is 385. The Balaban J connectivity index is 1.71. The molecule has 19 heavy (non-hydrogen) atoms. The molecule has 0 unspecified atom stereocenters. The minimum atomic E-state index is -0.232. The fraction of sp³-hybridized carbons (Fsp3) is 0.600. The van der Waals surface area contributed by atoms with Gasteiger partial charge in [0.2, 0.25) is 0 Å². The third kappa shape index (κ3) is 4.16. The van der Waals surface area contributed by atoms with Crippen LogP contribution < -0.4 is 5.32 Å². The van der Waals surface area contributed by atoms with E-state index >= 15 is 0 Å². The van der Waals surface area contributed by atoms with Crippen molar-refractivity contribution >= 4 is 11.6 Å². The monoisotopic (exact) mass is 284 g/mol. The Hall–Kier alpha value is -0.640. The molecule has 1 fully saturated rings. The van der Waals surface area contributed by atoms with Crippen molar-refractivity contribution in [2.24, 2.45) is 0 Å². The van der Waals surface area contributed by atoms with E-state index in [1.165, 1.54) is 31.7 Å². The Morgan fingerprint density at radius 2 is 2.11 bits per heavy atom. The maximum Gasteiger partial charge on any atom is 0.129 e. The van der Waals surface area contributed by atoms with Crippen molar-refractivity contribution < 1.29 is 4.39 Å². The summed E-state index contributed by atoms with van der Waals surface area (Å²) in [5, 5.41) is 3.77. The summed E-state index contributed by atoms with van der Waals surface area (Å²) in [5.41, 5.74) is 0.563. The van der Waals surface area contributed by atoms with Crippen LogP contribution in [0.1, 0.15) is 31.2 Å². The van der Waals surface area contributed by atoms with Gasteiger partial charge in [0.05, 0.1) is 0 Å². The van der Waals surface area contributed by atoms with Gasteiger partial charge in [-0.15, -0.1) is 0 Å². The fourth-order valence-corrected chi connectivity index (χ4v) is 2.93. The molecule has 0 saturated heterocycles. The molecular weight excluding hydrogens is 263 g/mol. The number of nitrogens with zero attached hydrogens (tertiary/aromatic N) is 1. The number of nitrogens with one attached hydrogen (secondary N) is 1. The van der Waals surface area contributed by atoms with Gasteiger partial charge in [0.25, 0.3) is 0 Å². The van der Waals surface area contributed by atoms with Crippen molar-refractivity contribution in [2.75, 3.05) is 20.1 Å². The zero-order valence-corrected chi connectivity index (χ0v) is 12.2. The lowest BCUT2D eigenvalue weighted by atomic mass is 10.2. The van der Waals surface area contributed by atoms with Crippen LogP contribution in [0.5, 0.6) is 0 Å². The molecule has 1 aliphatic rings. The van der Waals surface area contributed by atoms with E-state index in [1.54, 1.807) is 12.1 Å². The van der Waals surface area contributed by atoms with Gasteiger partial charge in [-0.3, -0.25) is 0 Å². The topological polar surface area (TPSA) is 15.3 Å². The number of rotatable bonds is 6. The van der Waals surface area contributed by atoms with E-state index in [2.05, 4.69) is 17.3 Å². The van der Waals surface area contributed by atoms with Crippen molar-refractivity contribution in [3.63, 3.8) is 0 Å². The highest BCUT2D eigenvalue weighted by atomic mass is 35.5. The summed E-state index contributed by atoms with van der Waals surface area (Å²) in [7, 11) is 2.17. The molecule has 1 saturated carbocycles. The highest BCUT2D eigenvalue weighted by Gasteiger charge is 2.18. The number of hydrogen-bond donors (Lipinski definition) is 1. The van der Waals surface area contributed by atoms with Gasteiger partial charge in [-0.05, 0) is 32.0 Å². The lowest BCUT2D eigenvalue weighted by molar-refractivity contribution is 0.245. The highest BCUT2D eigenvalue weighted by molar-refractivity contribution is 6.31. The van der Waals surface area contributed by atoms with Crippen LogP contribution in [0, 0.1) is 5.82 Å². The molecule has 0 heterocycles. The number of benzene rings is 1. The summed E-state index contributed by atoms with van der Waals surface area (Å²) in [6.45, 7) is 2.35. The van der Waals surface area contributed by atoms with Gasteiger partial charge in [0, 0.05) is 36.3 Å². The molecule has 0 spiro atoms. The van der Waals surface area contributed by atoms with Gasteiger partial charge in [0.1, 0.15) is 5.82 Å². The van der Waals surface area contributed by atoms with Crippen LogP contribution in [0.25, 0.3) is 0 Å². The van der Waals surface area contributed by atoms with E-state index in [0.29, 0.717) is 17.1 Å². The highest BCUT2D eigenvalue weighted by Crippen LogP contribution is 2.22. The van der Waals surface area contributed by atoms with Crippen molar-refractivity contribution in [1.82, 2.24) is 10.2 Å². The SMILES string of the molecule is CN(CCNCc1c(F)cccc1Cl)C1CCCC1. The zero-order chi connectivity index (χ0) is 13.7. The van der Waals surface area contributed by atoms with E-state index in [1.807, 2.05) is 0 Å². The molecule has 0 aliphatic heterocycles. The van der Waals surface area contributed by atoms with E-state index < -0.39 is 0 Å². The van der Waals surface area contributed by atoms with Crippen molar-refractivity contribution in [1.29, 1.82) is 0 Å². The lowest BCUT2D eigenvalue weighted by Crippen LogP contribution is -2.35. The first-order valence-corrected chi connectivity index (χ1v) is 7.40. The average Bonchev–Trinajstić information content (AvgIpc) is 2.91. The number of hydrogen-bond acceptors (Lipinski definition) is 2. The van der Waals surface area contributed by atoms with Crippen LogP contribution in [-0.2, 0) is 6.54 Å². The van der Waals surface area contributed by atoms with Gasteiger partial charge in [-0.25, -0.2) is 4.39 Å². The summed E-state index contributed by atoms with van der Waals surface area (Å²) in [4.78, 5) is 2.41. The van der Waals surface area contributed by atoms with Gasteiger partial charge in [-0.1, -0.05) is 30.5 Å². The molecule has 0 atom stereocenters. The molecule has 0 bridgehead atoms. The van der Waals surface area contributed by atoms with Crippen LogP contribution in [0.2, 0.25) is 5.02 Å². The van der Waals surface area contributed by atoms with Crippen LogP contribution in [-0.4, -0.2) is 31.1 Å². The molecule has 106 valence electrons. The molecule has 0 amide bonds. The van der Waals surface area contributed by atoms with Gasteiger partial charge in [0.15, 0.2) is 0 Å². The Labute approximate surface area is 119 Å². The predicted octanol–water partition coefficient (Wildman–Crippen LogP) is 3.44. The minimum absolute atomic E-state index is 0.232. The van der Waals surface area contributed by atoms with Crippen LogP contribution in [0.4, 0.5) is 4.39 Å². The molecule has 1 aromatic rings. The molecule has 2 rings (SSSR count). The Kier molecular flexibility index (Phi) is 5.61. The first-order valence-electron chi connectivity index (χ1n) is 7.02. The maximum atomic E-state index is 13.5. The lowest BCUT2D eigenvalue weighted by Gasteiger charge is -2.24. The minimum Gasteiger partial charge on any atom is -0.311 e.